The second kappa shape index (κ2) is 7.59. The molecular formula is C21H19N5O3. The number of hydrogen-bond donors (Lipinski definition) is 1. The Balaban J connectivity index is 1.70. The molecule has 0 spiro atoms. The van der Waals surface area contributed by atoms with E-state index in [4.69, 9.17) is 9.47 Å². The van der Waals surface area contributed by atoms with Crippen LogP contribution in [0.2, 0.25) is 0 Å². The molecule has 1 amide bonds. The number of aryl methyl sites for hydroxylation is 1. The van der Waals surface area contributed by atoms with Gasteiger partial charge in [0.25, 0.3) is 5.91 Å². The predicted octanol–water partition coefficient (Wildman–Crippen LogP) is 3.37. The molecule has 1 N–H and O–H groups in total. The molecule has 0 saturated carbocycles. The van der Waals surface area contributed by atoms with E-state index in [-0.39, 0.29) is 11.6 Å². The van der Waals surface area contributed by atoms with Crippen LogP contribution in [0, 0.1) is 6.92 Å². The molecule has 3 aromatic heterocycles. The van der Waals surface area contributed by atoms with Crippen molar-refractivity contribution in [2.45, 2.75) is 6.92 Å². The Bertz CT molecular complexity index is 1180. The molecule has 0 fully saturated rings. The van der Waals surface area contributed by atoms with Gasteiger partial charge in [0.15, 0.2) is 22.8 Å². The molecule has 0 aliphatic heterocycles. The van der Waals surface area contributed by atoms with Crippen LogP contribution in [0.25, 0.3) is 16.9 Å². The molecule has 8 nitrogen and oxygen atoms in total. The van der Waals surface area contributed by atoms with E-state index in [0.29, 0.717) is 23.0 Å². The molecule has 0 radical (unpaired) electrons. The van der Waals surface area contributed by atoms with Crippen LogP contribution in [0.4, 0.5) is 5.82 Å². The van der Waals surface area contributed by atoms with Gasteiger partial charge < -0.3 is 14.8 Å². The van der Waals surface area contributed by atoms with Gasteiger partial charge in [0, 0.05) is 24.0 Å². The Morgan fingerprint density at radius 1 is 1.00 bits per heavy atom. The maximum absolute atomic E-state index is 12.6. The van der Waals surface area contributed by atoms with Crippen LogP contribution in [0.1, 0.15) is 16.1 Å². The molecule has 0 atom stereocenters. The number of carbonyl (C=O) groups is 1. The lowest BCUT2D eigenvalue weighted by molar-refractivity contribution is 0.102. The normalized spacial score (nSPS) is 10.7. The zero-order valence-corrected chi connectivity index (χ0v) is 16.2. The number of carbonyl (C=O) groups excluding carboxylic acids is 1. The number of ether oxygens (including phenoxy) is 2. The van der Waals surface area contributed by atoms with E-state index in [9.17, 15) is 4.79 Å². The van der Waals surface area contributed by atoms with Gasteiger partial charge in [0.05, 0.1) is 19.9 Å². The van der Waals surface area contributed by atoms with Crippen molar-refractivity contribution in [3.63, 3.8) is 0 Å². The minimum absolute atomic E-state index is 0.243. The van der Waals surface area contributed by atoms with Crippen molar-refractivity contribution < 1.29 is 14.3 Å². The lowest BCUT2D eigenvalue weighted by Crippen LogP contribution is -2.13. The number of nitrogens with zero attached hydrogens (tertiary/aromatic N) is 4. The van der Waals surface area contributed by atoms with E-state index >= 15 is 0 Å². The lowest BCUT2D eigenvalue weighted by Gasteiger charge is -2.10. The summed E-state index contributed by atoms with van der Waals surface area (Å²) in [6, 6.07) is 12.7. The van der Waals surface area contributed by atoms with Crippen LogP contribution < -0.4 is 14.8 Å². The monoisotopic (exact) mass is 389 g/mol. The number of aromatic nitrogens is 4. The highest BCUT2D eigenvalue weighted by molar-refractivity contribution is 6.03. The van der Waals surface area contributed by atoms with Crippen LogP contribution in [-0.4, -0.2) is 39.7 Å². The summed E-state index contributed by atoms with van der Waals surface area (Å²) in [7, 11) is 3.17. The molecule has 0 aliphatic rings. The van der Waals surface area contributed by atoms with Crippen LogP contribution in [-0.2, 0) is 0 Å². The first-order valence-electron chi connectivity index (χ1n) is 8.90. The standard InChI is InChI=1S/C21H19N5O3/c1-13-4-7-19(23-12-13)24-21(27)15-11-20-22-9-8-16(26(20)25-15)14-5-6-17(28-2)18(10-14)29-3/h4-12H,1-3H3,(H,23,24,27). The highest BCUT2D eigenvalue weighted by Gasteiger charge is 2.16. The first kappa shape index (κ1) is 18.4. The number of amides is 1. The summed E-state index contributed by atoms with van der Waals surface area (Å²) in [5, 5.41) is 7.19. The van der Waals surface area contributed by atoms with Gasteiger partial charge in [-0.3, -0.25) is 4.79 Å². The second-order valence-electron chi connectivity index (χ2n) is 6.37. The summed E-state index contributed by atoms with van der Waals surface area (Å²) in [5.74, 6) is 1.34. The van der Waals surface area contributed by atoms with E-state index in [1.807, 2.05) is 37.3 Å². The maximum atomic E-state index is 12.6. The molecule has 1 aromatic carbocycles. The number of nitrogens with one attached hydrogen (secondary N) is 1. The number of rotatable bonds is 5. The number of anilines is 1. The molecule has 8 heteroatoms. The summed E-state index contributed by atoms with van der Waals surface area (Å²) in [6.45, 7) is 1.93. The predicted molar refractivity (Wildman–Crippen MR) is 108 cm³/mol. The molecule has 0 bridgehead atoms. The number of pyridine rings is 1. The zero-order chi connectivity index (χ0) is 20.4. The maximum Gasteiger partial charge on any atom is 0.277 e. The number of hydrogen-bond acceptors (Lipinski definition) is 6. The third kappa shape index (κ3) is 3.60. The van der Waals surface area contributed by atoms with Gasteiger partial charge in [-0.1, -0.05) is 6.07 Å². The molecule has 146 valence electrons. The van der Waals surface area contributed by atoms with Gasteiger partial charge in [0.2, 0.25) is 0 Å². The fourth-order valence-corrected chi connectivity index (χ4v) is 2.94. The van der Waals surface area contributed by atoms with Gasteiger partial charge in [-0.2, -0.15) is 5.10 Å². The van der Waals surface area contributed by atoms with Crippen molar-refractivity contribution in [1.29, 1.82) is 0 Å². The number of methoxy groups -OCH3 is 2. The molecule has 29 heavy (non-hydrogen) atoms. The Labute approximate surface area is 167 Å². The average Bonchev–Trinajstić information content (AvgIpc) is 3.19. The van der Waals surface area contributed by atoms with Crippen molar-refractivity contribution >= 4 is 17.4 Å². The average molecular weight is 389 g/mol. The zero-order valence-electron chi connectivity index (χ0n) is 16.2. The number of fused-ring (bicyclic) bond motifs is 1. The fraction of sp³-hybridized carbons (Fsp3) is 0.143. The molecule has 4 rings (SSSR count). The third-order valence-electron chi connectivity index (χ3n) is 4.42. The van der Waals surface area contributed by atoms with Crippen molar-refractivity contribution in [2.24, 2.45) is 0 Å². The third-order valence-corrected chi connectivity index (χ3v) is 4.42. The molecule has 0 unspecified atom stereocenters. The Kier molecular flexibility index (Phi) is 4.82. The van der Waals surface area contributed by atoms with Gasteiger partial charge in [0.1, 0.15) is 5.82 Å². The molecule has 3 heterocycles. The van der Waals surface area contributed by atoms with Gasteiger partial charge in [-0.05, 0) is 42.8 Å². The molecule has 0 aliphatic carbocycles. The Morgan fingerprint density at radius 2 is 1.83 bits per heavy atom. The van der Waals surface area contributed by atoms with Crippen LogP contribution in [0.5, 0.6) is 11.5 Å². The summed E-state index contributed by atoms with van der Waals surface area (Å²) in [6.07, 6.45) is 3.36. The Hall–Kier alpha value is -3.94. The molecule has 0 saturated heterocycles. The van der Waals surface area contributed by atoms with Crippen LogP contribution in [0.3, 0.4) is 0 Å². The van der Waals surface area contributed by atoms with Crippen molar-refractivity contribution in [1.82, 2.24) is 19.6 Å². The van der Waals surface area contributed by atoms with Crippen molar-refractivity contribution in [3.05, 3.63) is 66.1 Å². The summed E-state index contributed by atoms with van der Waals surface area (Å²) < 4.78 is 12.3. The van der Waals surface area contributed by atoms with Crippen LogP contribution in [0.15, 0.2) is 54.9 Å². The number of benzene rings is 1. The second-order valence-corrected chi connectivity index (χ2v) is 6.37. The van der Waals surface area contributed by atoms with Crippen molar-refractivity contribution in [2.75, 3.05) is 19.5 Å². The summed E-state index contributed by atoms with van der Waals surface area (Å²) >= 11 is 0. The van der Waals surface area contributed by atoms with Gasteiger partial charge >= 0.3 is 0 Å². The van der Waals surface area contributed by atoms with E-state index in [2.05, 4.69) is 20.4 Å². The Morgan fingerprint density at radius 3 is 2.55 bits per heavy atom. The van der Waals surface area contributed by atoms with Crippen molar-refractivity contribution in [3.8, 4) is 22.8 Å². The minimum Gasteiger partial charge on any atom is -0.493 e. The fourth-order valence-electron chi connectivity index (χ4n) is 2.94. The smallest absolute Gasteiger partial charge is 0.277 e. The highest BCUT2D eigenvalue weighted by atomic mass is 16.5. The summed E-state index contributed by atoms with van der Waals surface area (Å²) in [5.41, 5.74) is 3.43. The van der Waals surface area contributed by atoms with E-state index in [0.717, 1.165) is 16.8 Å². The molecular weight excluding hydrogens is 370 g/mol. The topological polar surface area (TPSA) is 90.6 Å². The summed E-state index contributed by atoms with van der Waals surface area (Å²) in [4.78, 5) is 21.1. The quantitative estimate of drug-likeness (QED) is 0.563. The van der Waals surface area contributed by atoms with Gasteiger partial charge in [-0.15, -0.1) is 0 Å². The first-order valence-corrected chi connectivity index (χ1v) is 8.90. The van der Waals surface area contributed by atoms with Gasteiger partial charge in [-0.25, -0.2) is 14.5 Å². The SMILES string of the molecule is COc1ccc(-c2ccnc3cc(C(=O)Nc4ccc(C)cn4)nn23)cc1OC. The first-order chi connectivity index (χ1) is 14.1. The lowest BCUT2D eigenvalue weighted by atomic mass is 10.1. The molecule has 4 aromatic rings. The van der Waals surface area contributed by atoms with E-state index in [1.165, 1.54) is 0 Å². The van der Waals surface area contributed by atoms with Crippen LogP contribution >= 0.6 is 0 Å². The minimum atomic E-state index is -0.356. The largest absolute Gasteiger partial charge is 0.493 e. The van der Waals surface area contributed by atoms with E-state index < -0.39 is 0 Å². The highest BCUT2D eigenvalue weighted by Crippen LogP contribution is 2.32. The van der Waals surface area contributed by atoms with E-state index in [1.54, 1.807) is 43.3 Å².